The first kappa shape index (κ1) is 13.5. The quantitative estimate of drug-likeness (QED) is 0.563. The Morgan fingerprint density at radius 2 is 2.24 bits per heavy atom. The average Bonchev–Trinajstić information content (AvgIpc) is 2.35. The van der Waals surface area contributed by atoms with E-state index in [0.29, 0.717) is 13.1 Å². The molecule has 17 heavy (non-hydrogen) atoms. The molecule has 0 bridgehead atoms. The molecule has 0 aromatic carbocycles. The van der Waals surface area contributed by atoms with E-state index in [1.165, 1.54) is 12.0 Å². The van der Waals surface area contributed by atoms with Crippen molar-refractivity contribution in [2.75, 3.05) is 33.4 Å². The van der Waals surface area contributed by atoms with Gasteiger partial charge >= 0.3 is 12.1 Å². The first-order valence-electron chi connectivity index (χ1n) is 5.42. The lowest BCUT2D eigenvalue weighted by Gasteiger charge is -2.31. The van der Waals surface area contributed by atoms with E-state index >= 15 is 0 Å². The minimum atomic E-state index is -0.480. The number of esters is 1. The maximum Gasteiger partial charge on any atom is 0.410 e. The van der Waals surface area contributed by atoms with E-state index in [9.17, 15) is 9.59 Å². The number of nitrogens with one attached hydrogen (secondary N) is 1. The predicted molar refractivity (Wildman–Crippen MR) is 61.5 cm³/mol. The van der Waals surface area contributed by atoms with Crippen molar-refractivity contribution in [3.05, 3.63) is 12.2 Å². The van der Waals surface area contributed by atoms with Crippen LogP contribution in [0.4, 0.5) is 4.79 Å². The Kier molecular flexibility index (Phi) is 4.96. The van der Waals surface area contributed by atoms with Gasteiger partial charge in [-0.15, -0.1) is 0 Å². The molecule has 1 amide bonds. The summed E-state index contributed by atoms with van der Waals surface area (Å²) < 4.78 is 9.63. The third-order valence-electron chi connectivity index (χ3n) is 2.36. The maximum atomic E-state index is 11.6. The maximum absolute atomic E-state index is 11.6. The van der Waals surface area contributed by atoms with Crippen LogP contribution in [0.3, 0.4) is 0 Å². The zero-order valence-electron chi connectivity index (χ0n) is 10.2. The second kappa shape index (κ2) is 6.24. The molecule has 1 heterocycles. The van der Waals surface area contributed by atoms with E-state index in [0.717, 1.165) is 5.57 Å². The van der Waals surface area contributed by atoms with Crippen molar-refractivity contribution in [1.29, 1.82) is 0 Å². The molecule has 1 N–H and O–H groups in total. The van der Waals surface area contributed by atoms with Crippen LogP contribution in [0.25, 0.3) is 0 Å². The second-order valence-electron chi connectivity index (χ2n) is 3.99. The molecule has 1 aliphatic rings. The highest BCUT2D eigenvalue weighted by molar-refractivity contribution is 5.77. The van der Waals surface area contributed by atoms with Crippen molar-refractivity contribution in [2.45, 2.75) is 13.0 Å². The Hall–Kier alpha value is -1.56. The average molecular weight is 242 g/mol. The first-order chi connectivity index (χ1) is 8.04. The first-order valence-corrected chi connectivity index (χ1v) is 5.42. The summed E-state index contributed by atoms with van der Waals surface area (Å²) in [6.45, 7) is 6.95. The highest BCUT2D eigenvalue weighted by Crippen LogP contribution is 2.04. The molecule has 1 fully saturated rings. The van der Waals surface area contributed by atoms with E-state index < -0.39 is 12.1 Å². The van der Waals surface area contributed by atoms with Crippen LogP contribution < -0.4 is 5.32 Å². The topological polar surface area (TPSA) is 67.9 Å². The molecule has 96 valence electrons. The van der Waals surface area contributed by atoms with Gasteiger partial charge in [-0.25, -0.2) is 4.79 Å². The Morgan fingerprint density at radius 3 is 2.82 bits per heavy atom. The summed E-state index contributed by atoms with van der Waals surface area (Å²) in [6, 6.07) is -0.480. The second-order valence-corrected chi connectivity index (χ2v) is 3.99. The number of piperazine rings is 1. The van der Waals surface area contributed by atoms with Crippen molar-refractivity contribution >= 4 is 12.1 Å². The van der Waals surface area contributed by atoms with Gasteiger partial charge in [0.2, 0.25) is 0 Å². The summed E-state index contributed by atoms with van der Waals surface area (Å²) in [4.78, 5) is 24.5. The van der Waals surface area contributed by atoms with E-state index in [4.69, 9.17) is 4.74 Å². The third kappa shape index (κ3) is 4.07. The van der Waals surface area contributed by atoms with Gasteiger partial charge in [-0.3, -0.25) is 4.79 Å². The van der Waals surface area contributed by atoms with Crippen LogP contribution in [0.5, 0.6) is 0 Å². The zero-order valence-corrected chi connectivity index (χ0v) is 10.2. The van der Waals surface area contributed by atoms with Gasteiger partial charge in [-0.2, -0.15) is 0 Å². The fourth-order valence-electron chi connectivity index (χ4n) is 1.49. The van der Waals surface area contributed by atoms with Crippen molar-refractivity contribution < 1.29 is 19.1 Å². The molecule has 1 unspecified atom stereocenters. The van der Waals surface area contributed by atoms with Crippen LogP contribution in [-0.4, -0.2) is 56.4 Å². The monoisotopic (exact) mass is 242 g/mol. The van der Waals surface area contributed by atoms with E-state index in [1.807, 2.05) is 0 Å². The Bertz CT molecular complexity index is 317. The molecule has 1 atom stereocenters. The van der Waals surface area contributed by atoms with Gasteiger partial charge < -0.3 is 19.7 Å². The summed E-state index contributed by atoms with van der Waals surface area (Å²) in [5.74, 6) is -0.373. The van der Waals surface area contributed by atoms with Gasteiger partial charge in [0.15, 0.2) is 0 Å². The lowest BCUT2D eigenvalue weighted by atomic mass is 10.2. The summed E-state index contributed by atoms with van der Waals surface area (Å²) in [5, 5.41) is 2.98. The lowest BCUT2D eigenvalue weighted by Crippen LogP contribution is -2.56. The van der Waals surface area contributed by atoms with Crippen LogP contribution in [0, 0.1) is 0 Å². The number of ether oxygens (including phenoxy) is 2. The van der Waals surface area contributed by atoms with Gasteiger partial charge in [0.25, 0.3) is 0 Å². The number of amides is 1. The number of rotatable bonds is 3. The Labute approximate surface area is 101 Å². The molecular formula is C11H18N2O4. The highest BCUT2D eigenvalue weighted by atomic mass is 16.6. The molecule has 0 spiro atoms. The number of carbonyl (C=O) groups excluding carboxylic acids is 2. The van der Waals surface area contributed by atoms with Crippen molar-refractivity contribution in [3.8, 4) is 0 Å². The minimum absolute atomic E-state index is 0.200. The summed E-state index contributed by atoms with van der Waals surface area (Å²) in [6.07, 6.45) is -0.427. The number of methoxy groups -OCH3 is 1. The summed E-state index contributed by atoms with van der Waals surface area (Å²) >= 11 is 0. The zero-order chi connectivity index (χ0) is 12.8. The molecule has 0 saturated carbocycles. The van der Waals surface area contributed by atoms with E-state index in [2.05, 4.69) is 16.6 Å². The SMILES string of the molecule is C=C(C)COC(=O)N1CCNC(C(=O)OC)C1. The molecule has 1 aliphatic heterocycles. The number of hydrogen-bond acceptors (Lipinski definition) is 5. The molecule has 0 aromatic heterocycles. The van der Waals surface area contributed by atoms with E-state index in [1.54, 1.807) is 6.92 Å². The van der Waals surface area contributed by atoms with Crippen LogP contribution in [-0.2, 0) is 14.3 Å². The Balaban J connectivity index is 2.45. The number of nitrogens with zero attached hydrogens (tertiary/aromatic N) is 1. The van der Waals surface area contributed by atoms with Crippen molar-refractivity contribution in [1.82, 2.24) is 10.2 Å². The number of carbonyl (C=O) groups is 2. The van der Waals surface area contributed by atoms with Gasteiger partial charge in [0, 0.05) is 13.1 Å². The Morgan fingerprint density at radius 1 is 1.53 bits per heavy atom. The molecule has 1 saturated heterocycles. The van der Waals surface area contributed by atoms with Gasteiger partial charge in [-0.1, -0.05) is 6.58 Å². The highest BCUT2D eigenvalue weighted by Gasteiger charge is 2.29. The van der Waals surface area contributed by atoms with Crippen molar-refractivity contribution in [3.63, 3.8) is 0 Å². The largest absolute Gasteiger partial charge is 0.468 e. The van der Waals surface area contributed by atoms with Crippen LogP contribution in [0.2, 0.25) is 0 Å². The molecule has 6 nitrogen and oxygen atoms in total. The van der Waals surface area contributed by atoms with E-state index in [-0.39, 0.29) is 19.1 Å². The van der Waals surface area contributed by atoms with Crippen LogP contribution in [0.1, 0.15) is 6.92 Å². The predicted octanol–water partition coefficient (Wildman–Crippen LogP) is 0.146. The lowest BCUT2D eigenvalue weighted by molar-refractivity contribution is -0.144. The fourth-order valence-corrected chi connectivity index (χ4v) is 1.49. The van der Waals surface area contributed by atoms with Crippen LogP contribution >= 0.6 is 0 Å². The van der Waals surface area contributed by atoms with Crippen molar-refractivity contribution in [2.24, 2.45) is 0 Å². The molecule has 0 aromatic rings. The van der Waals surface area contributed by atoms with Gasteiger partial charge in [0.05, 0.1) is 13.7 Å². The van der Waals surface area contributed by atoms with Gasteiger partial charge in [-0.05, 0) is 12.5 Å². The molecule has 1 rings (SSSR count). The number of hydrogen-bond donors (Lipinski definition) is 1. The molecular weight excluding hydrogens is 224 g/mol. The minimum Gasteiger partial charge on any atom is -0.468 e. The molecule has 0 radical (unpaired) electrons. The van der Waals surface area contributed by atoms with Gasteiger partial charge in [0.1, 0.15) is 12.6 Å². The van der Waals surface area contributed by atoms with Crippen LogP contribution in [0.15, 0.2) is 12.2 Å². The summed E-state index contributed by atoms with van der Waals surface area (Å²) in [7, 11) is 1.32. The summed E-state index contributed by atoms with van der Waals surface area (Å²) in [5.41, 5.74) is 0.776. The third-order valence-corrected chi connectivity index (χ3v) is 2.36. The normalized spacial score (nSPS) is 19.6. The molecule has 6 heteroatoms. The smallest absolute Gasteiger partial charge is 0.410 e. The standard InChI is InChI=1S/C11H18N2O4/c1-8(2)7-17-11(15)13-5-4-12-9(6-13)10(14)16-3/h9,12H,1,4-7H2,2-3H3. The molecule has 0 aliphatic carbocycles. The fraction of sp³-hybridized carbons (Fsp3) is 0.636.